The highest BCUT2D eigenvalue weighted by atomic mass is 16.5. The highest BCUT2D eigenvalue weighted by Crippen LogP contribution is 2.12. The molecule has 0 aliphatic heterocycles. The number of anilines is 2. The molecule has 0 amide bonds. The molecule has 1 heterocycles. The summed E-state index contributed by atoms with van der Waals surface area (Å²) in [6, 6.07) is 0.460. The smallest absolute Gasteiger partial charge is 0.323 e. The Balaban J connectivity index is 2.74. The maximum Gasteiger partial charge on any atom is 0.323 e. The summed E-state index contributed by atoms with van der Waals surface area (Å²) in [4.78, 5) is 12.9. The summed E-state index contributed by atoms with van der Waals surface area (Å²) >= 11 is 0. The van der Waals surface area contributed by atoms with Crippen LogP contribution < -0.4 is 15.4 Å². The molecule has 1 atom stereocenters. The highest BCUT2D eigenvalue weighted by Gasteiger charge is 2.10. The summed E-state index contributed by atoms with van der Waals surface area (Å²) < 4.78 is 10.9. The summed E-state index contributed by atoms with van der Waals surface area (Å²) in [5.41, 5.74) is 0. The van der Waals surface area contributed by atoms with Crippen molar-refractivity contribution in [2.75, 3.05) is 37.0 Å². The lowest BCUT2D eigenvalue weighted by molar-refractivity contribution is 0.141. The van der Waals surface area contributed by atoms with Gasteiger partial charge in [0, 0.05) is 19.2 Å². The number of nitrogens with one attached hydrogen (secondary N) is 2. The van der Waals surface area contributed by atoms with Crippen LogP contribution in [0.15, 0.2) is 0 Å². The molecule has 1 aromatic heterocycles. The second kappa shape index (κ2) is 10.1. The fourth-order valence-electron chi connectivity index (χ4n) is 1.55. The molecule has 0 radical (unpaired) electrons. The first-order valence-electron chi connectivity index (χ1n) is 7.66. The Hall–Kier alpha value is -1.63. The highest BCUT2D eigenvalue weighted by molar-refractivity contribution is 5.36. The van der Waals surface area contributed by atoms with Crippen LogP contribution in [0.4, 0.5) is 11.9 Å². The van der Waals surface area contributed by atoms with Crippen molar-refractivity contribution < 1.29 is 9.47 Å². The molecule has 0 aliphatic rings. The zero-order valence-electron chi connectivity index (χ0n) is 13.5. The largest absolute Gasteiger partial charge is 0.463 e. The van der Waals surface area contributed by atoms with Gasteiger partial charge in [-0.1, -0.05) is 13.8 Å². The molecule has 0 bridgehead atoms. The average molecular weight is 297 g/mol. The normalized spacial score (nSPS) is 12.0. The molecule has 120 valence electrons. The van der Waals surface area contributed by atoms with Crippen LogP contribution in [0, 0.1) is 0 Å². The van der Waals surface area contributed by atoms with Crippen LogP contribution in [-0.4, -0.2) is 47.4 Å². The third-order valence-electron chi connectivity index (χ3n) is 2.53. The van der Waals surface area contributed by atoms with Crippen LogP contribution in [-0.2, 0) is 4.74 Å². The Morgan fingerprint density at radius 3 is 2.48 bits per heavy atom. The van der Waals surface area contributed by atoms with Gasteiger partial charge in [-0.05, 0) is 26.7 Å². The van der Waals surface area contributed by atoms with E-state index >= 15 is 0 Å². The third kappa shape index (κ3) is 7.08. The SMILES string of the molecule is CCCNc1nc(NC(C)COCC)nc(OCCC)n1. The molecular weight excluding hydrogens is 270 g/mol. The van der Waals surface area contributed by atoms with E-state index < -0.39 is 0 Å². The minimum atomic E-state index is 0.116. The maximum atomic E-state index is 5.51. The zero-order valence-corrected chi connectivity index (χ0v) is 13.5. The van der Waals surface area contributed by atoms with Crippen LogP contribution in [0.1, 0.15) is 40.5 Å². The number of rotatable bonds is 11. The van der Waals surface area contributed by atoms with Crippen molar-refractivity contribution in [3.05, 3.63) is 0 Å². The first-order valence-corrected chi connectivity index (χ1v) is 7.66. The van der Waals surface area contributed by atoms with Gasteiger partial charge in [0.1, 0.15) is 0 Å². The molecule has 1 aromatic rings. The van der Waals surface area contributed by atoms with Gasteiger partial charge in [-0.15, -0.1) is 0 Å². The molecule has 0 aliphatic carbocycles. The summed E-state index contributed by atoms with van der Waals surface area (Å²) in [5.74, 6) is 1.03. The van der Waals surface area contributed by atoms with Crippen molar-refractivity contribution in [1.82, 2.24) is 15.0 Å². The van der Waals surface area contributed by atoms with Gasteiger partial charge >= 0.3 is 6.01 Å². The van der Waals surface area contributed by atoms with Crippen LogP contribution in [0.25, 0.3) is 0 Å². The van der Waals surface area contributed by atoms with Crippen molar-refractivity contribution in [3.63, 3.8) is 0 Å². The lowest BCUT2D eigenvalue weighted by atomic mass is 10.4. The van der Waals surface area contributed by atoms with Crippen LogP contribution in [0.5, 0.6) is 6.01 Å². The molecule has 0 fully saturated rings. The van der Waals surface area contributed by atoms with E-state index in [1.54, 1.807) is 0 Å². The van der Waals surface area contributed by atoms with Crippen molar-refractivity contribution in [2.45, 2.75) is 46.6 Å². The number of hydrogen-bond donors (Lipinski definition) is 2. The number of ether oxygens (including phenoxy) is 2. The Labute approximate surface area is 126 Å². The van der Waals surface area contributed by atoms with E-state index in [-0.39, 0.29) is 6.04 Å². The molecule has 7 nitrogen and oxygen atoms in total. The predicted molar refractivity (Wildman–Crippen MR) is 84.0 cm³/mol. The lowest BCUT2D eigenvalue weighted by Crippen LogP contribution is -2.23. The summed E-state index contributed by atoms with van der Waals surface area (Å²) in [5, 5.41) is 6.36. The van der Waals surface area contributed by atoms with Crippen LogP contribution in [0.3, 0.4) is 0 Å². The number of aromatic nitrogens is 3. The molecule has 1 rings (SSSR count). The van der Waals surface area contributed by atoms with Gasteiger partial charge in [0.05, 0.1) is 13.2 Å². The van der Waals surface area contributed by atoms with E-state index in [2.05, 4.69) is 32.5 Å². The summed E-state index contributed by atoms with van der Waals surface area (Å²) in [6.07, 6.45) is 1.91. The van der Waals surface area contributed by atoms with E-state index in [1.165, 1.54) is 0 Å². The van der Waals surface area contributed by atoms with Crippen molar-refractivity contribution in [2.24, 2.45) is 0 Å². The van der Waals surface area contributed by atoms with Gasteiger partial charge in [0.25, 0.3) is 0 Å². The van der Waals surface area contributed by atoms with Gasteiger partial charge in [0.2, 0.25) is 11.9 Å². The van der Waals surface area contributed by atoms with E-state index in [9.17, 15) is 0 Å². The predicted octanol–water partition coefficient (Wildman–Crippen LogP) is 2.32. The molecular formula is C14H27N5O2. The first-order chi connectivity index (χ1) is 10.2. The zero-order chi connectivity index (χ0) is 15.5. The topological polar surface area (TPSA) is 81.2 Å². The van der Waals surface area contributed by atoms with E-state index in [0.29, 0.717) is 37.7 Å². The van der Waals surface area contributed by atoms with Gasteiger partial charge in [-0.3, -0.25) is 0 Å². The minimum Gasteiger partial charge on any atom is -0.463 e. The fraction of sp³-hybridized carbons (Fsp3) is 0.786. The summed E-state index contributed by atoms with van der Waals surface area (Å²) in [6.45, 7) is 10.8. The summed E-state index contributed by atoms with van der Waals surface area (Å²) in [7, 11) is 0. The standard InChI is InChI=1S/C14H27N5O2/c1-5-8-15-12-17-13(16-11(4)10-20-7-3)19-14(18-12)21-9-6-2/h11H,5-10H2,1-4H3,(H2,15,16,17,18,19). The second-order valence-corrected chi connectivity index (χ2v) is 4.75. The second-order valence-electron chi connectivity index (χ2n) is 4.75. The van der Waals surface area contributed by atoms with Crippen molar-refractivity contribution >= 4 is 11.9 Å². The monoisotopic (exact) mass is 297 g/mol. The van der Waals surface area contributed by atoms with Crippen molar-refractivity contribution in [3.8, 4) is 6.01 Å². The van der Waals surface area contributed by atoms with Crippen LogP contribution >= 0.6 is 0 Å². The fourth-order valence-corrected chi connectivity index (χ4v) is 1.55. The maximum absolute atomic E-state index is 5.51. The molecule has 0 saturated heterocycles. The lowest BCUT2D eigenvalue weighted by Gasteiger charge is -2.15. The molecule has 2 N–H and O–H groups in total. The third-order valence-corrected chi connectivity index (χ3v) is 2.53. The quantitative estimate of drug-likeness (QED) is 0.648. The minimum absolute atomic E-state index is 0.116. The van der Waals surface area contributed by atoms with Gasteiger partial charge in [-0.25, -0.2) is 0 Å². The number of hydrogen-bond acceptors (Lipinski definition) is 7. The Kier molecular flexibility index (Phi) is 8.42. The van der Waals surface area contributed by atoms with Gasteiger partial charge in [-0.2, -0.15) is 15.0 Å². The molecule has 21 heavy (non-hydrogen) atoms. The average Bonchev–Trinajstić information content (AvgIpc) is 2.48. The molecule has 1 unspecified atom stereocenters. The molecule has 0 saturated carbocycles. The van der Waals surface area contributed by atoms with E-state index in [1.807, 2.05) is 20.8 Å². The Bertz CT molecular complexity index is 377. The Morgan fingerprint density at radius 1 is 1.05 bits per heavy atom. The van der Waals surface area contributed by atoms with Crippen molar-refractivity contribution in [1.29, 1.82) is 0 Å². The van der Waals surface area contributed by atoms with E-state index in [4.69, 9.17) is 9.47 Å². The molecule has 0 aromatic carbocycles. The van der Waals surface area contributed by atoms with Crippen LogP contribution in [0.2, 0.25) is 0 Å². The van der Waals surface area contributed by atoms with Gasteiger partial charge < -0.3 is 20.1 Å². The number of nitrogens with zero attached hydrogens (tertiary/aromatic N) is 3. The molecule has 0 spiro atoms. The molecule has 7 heteroatoms. The first kappa shape index (κ1) is 17.4. The Morgan fingerprint density at radius 2 is 1.81 bits per heavy atom. The van der Waals surface area contributed by atoms with E-state index in [0.717, 1.165) is 19.4 Å². The van der Waals surface area contributed by atoms with Gasteiger partial charge in [0.15, 0.2) is 0 Å².